The smallest absolute Gasteiger partial charge is 0.325 e. The van der Waals surface area contributed by atoms with Gasteiger partial charge in [-0.1, -0.05) is 0 Å². The van der Waals surface area contributed by atoms with Crippen molar-refractivity contribution in [2.24, 2.45) is 0 Å². The zero-order valence-electron chi connectivity index (χ0n) is 16.2. The highest BCUT2D eigenvalue weighted by Gasteiger charge is 2.37. The van der Waals surface area contributed by atoms with Crippen molar-refractivity contribution in [3.05, 3.63) is 59.0 Å². The quantitative estimate of drug-likeness (QED) is 0.483. The number of ether oxygens (including phenoxy) is 2. The highest BCUT2D eigenvalue weighted by Crippen LogP contribution is 2.26. The van der Waals surface area contributed by atoms with Gasteiger partial charge >= 0.3 is 11.9 Å². The average molecular weight is 414 g/mol. The number of esters is 2. The van der Waals surface area contributed by atoms with Crippen LogP contribution in [0.15, 0.2) is 41.0 Å². The lowest BCUT2D eigenvalue weighted by molar-refractivity contribution is -0.144. The molecule has 0 aliphatic carbocycles. The topological polar surface area (TPSA) is 123 Å². The fourth-order valence-corrected chi connectivity index (χ4v) is 2.95. The molecule has 0 atom stereocenters. The molecule has 0 unspecified atom stereocenters. The molecule has 0 radical (unpaired) electrons. The summed E-state index contributed by atoms with van der Waals surface area (Å²) in [6.45, 7) is -1.02. The Morgan fingerprint density at radius 1 is 0.967 bits per heavy atom. The maximum absolute atomic E-state index is 12.9. The Labute approximate surface area is 170 Å². The summed E-state index contributed by atoms with van der Waals surface area (Å²) in [6, 6.07) is 7.25. The highest BCUT2D eigenvalue weighted by atomic mass is 16.5. The van der Waals surface area contributed by atoms with Crippen LogP contribution in [0.2, 0.25) is 0 Å². The predicted molar refractivity (Wildman–Crippen MR) is 99.3 cm³/mol. The molecular formula is C20H18N2O8. The summed E-state index contributed by atoms with van der Waals surface area (Å²) in [5.74, 6) is -2.81. The van der Waals surface area contributed by atoms with Gasteiger partial charge in [0, 0.05) is 5.56 Å². The van der Waals surface area contributed by atoms with E-state index in [4.69, 9.17) is 4.42 Å². The van der Waals surface area contributed by atoms with E-state index < -0.39 is 42.7 Å². The fourth-order valence-electron chi connectivity index (χ4n) is 2.95. The van der Waals surface area contributed by atoms with Crippen LogP contribution in [0, 0.1) is 0 Å². The number of hydrogen-bond acceptors (Lipinski definition) is 8. The van der Waals surface area contributed by atoms with Crippen LogP contribution in [0.3, 0.4) is 0 Å². The first-order valence-corrected chi connectivity index (χ1v) is 8.81. The second-order valence-corrected chi connectivity index (χ2v) is 6.35. The summed E-state index contributed by atoms with van der Waals surface area (Å²) in [6.07, 6.45) is 1.43. The third-order valence-electron chi connectivity index (χ3n) is 4.49. The molecule has 3 rings (SSSR count). The van der Waals surface area contributed by atoms with Crippen LogP contribution in [-0.4, -0.2) is 66.8 Å². The molecule has 0 bridgehead atoms. The van der Waals surface area contributed by atoms with Crippen molar-refractivity contribution < 1.29 is 37.9 Å². The monoisotopic (exact) mass is 414 g/mol. The molecule has 1 aliphatic heterocycles. The number of fused-ring (bicyclic) bond motifs is 1. The maximum atomic E-state index is 12.9. The van der Waals surface area contributed by atoms with Gasteiger partial charge in [0.2, 0.25) is 0 Å². The minimum absolute atomic E-state index is 0.0301. The number of hydrogen-bond donors (Lipinski definition) is 0. The molecule has 3 amide bonds. The Morgan fingerprint density at radius 2 is 1.60 bits per heavy atom. The van der Waals surface area contributed by atoms with Crippen LogP contribution in [-0.2, 0) is 25.6 Å². The summed E-state index contributed by atoms with van der Waals surface area (Å²) in [5.41, 5.74) is 0.228. The molecule has 10 nitrogen and oxygen atoms in total. The standard InChI is InChI=1S/C20H18N2O8/c1-28-16(23)10-21(11-17(24)29-2)18(25)12-5-6-14-15(8-12)20(27)22(19(14)26)9-13-4-3-7-30-13/h3-8H,9-11H2,1-2H3. The Morgan fingerprint density at radius 3 is 2.17 bits per heavy atom. The third-order valence-corrected chi connectivity index (χ3v) is 4.49. The van der Waals surface area contributed by atoms with Crippen LogP contribution in [0.1, 0.15) is 36.8 Å². The van der Waals surface area contributed by atoms with Crippen LogP contribution in [0.25, 0.3) is 0 Å². The van der Waals surface area contributed by atoms with Gasteiger partial charge in [-0.3, -0.25) is 28.9 Å². The average Bonchev–Trinajstić information content (AvgIpc) is 3.35. The molecule has 2 aromatic rings. The number of imide groups is 1. The Balaban J connectivity index is 1.86. The van der Waals surface area contributed by atoms with E-state index >= 15 is 0 Å². The Kier molecular flexibility index (Phi) is 5.95. The largest absolute Gasteiger partial charge is 0.468 e. The van der Waals surface area contributed by atoms with Crippen molar-refractivity contribution in [3.63, 3.8) is 0 Å². The SMILES string of the molecule is COC(=O)CN(CC(=O)OC)C(=O)c1ccc2c(c1)C(=O)N(Cc1ccco1)C2=O. The fraction of sp³-hybridized carbons (Fsp3) is 0.250. The molecular weight excluding hydrogens is 396 g/mol. The Hall–Kier alpha value is -3.95. The first-order chi connectivity index (χ1) is 14.3. The maximum Gasteiger partial charge on any atom is 0.325 e. The molecule has 0 saturated carbocycles. The number of nitrogens with zero attached hydrogens (tertiary/aromatic N) is 2. The van der Waals surface area contributed by atoms with Crippen LogP contribution in [0.5, 0.6) is 0 Å². The number of furan rings is 1. The van der Waals surface area contributed by atoms with Gasteiger partial charge in [0.05, 0.1) is 38.2 Å². The summed E-state index contributed by atoms with van der Waals surface area (Å²) >= 11 is 0. The molecule has 1 aromatic carbocycles. The summed E-state index contributed by atoms with van der Waals surface area (Å²) in [4.78, 5) is 63.3. The third kappa shape index (κ3) is 4.07. The minimum atomic E-state index is -0.732. The van der Waals surface area contributed by atoms with Gasteiger partial charge in [-0.2, -0.15) is 0 Å². The zero-order chi connectivity index (χ0) is 21.8. The normalized spacial score (nSPS) is 12.5. The van der Waals surface area contributed by atoms with Crippen molar-refractivity contribution in [1.29, 1.82) is 0 Å². The number of carbonyl (C=O) groups excluding carboxylic acids is 5. The van der Waals surface area contributed by atoms with Gasteiger partial charge in [-0.25, -0.2) is 0 Å². The van der Waals surface area contributed by atoms with Crippen LogP contribution in [0.4, 0.5) is 0 Å². The van der Waals surface area contributed by atoms with E-state index in [-0.39, 0.29) is 23.2 Å². The highest BCUT2D eigenvalue weighted by molar-refractivity contribution is 6.22. The minimum Gasteiger partial charge on any atom is -0.468 e. The van der Waals surface area contributed by atoms with Gasteiger partial charge in [-0.05, 0) is 30.3 Å². The van der Waals surface area contributed by atoms with E-state index in [0.29, 0.717) is 5.76 Å². The lowest BCUT2D eigenvalue weighted by atomic mass is 10.0. The van der Waals surface area contributed by atoms with E-state index in [1.165, 1.54) is 24.5 Å². The molecule has 0 N–H and O–H groups in total. The van der Waals surface area contributed by atoms with E-state index in [0.717, 1.165) is 24.0 Å². The molecule has 0 spiro atoms. The second-order valence-electron chi connectivity index (χ2n) is 6.35. The first-order valence-electron chi connectivity index (χ1n) is 8.81. The molecule has 1 aliphatic rings. The molecule has 0 saturated heterocycles. The van der Waals surface area contributed by atoms with Gasteiger partial charge in [0.1, 0.15) is 18.8 Å². The van der Waals surface area contributed by atoms with Crippen LogP contribution < -0.4 is 0 Å². The first kappa shape index (κ1) is 20.8. The number of benzene rings is 1. The van der Waals surface area contributed by atoms with E-state index in [2.05, 4.69) is 9.47 Å². The lowest BCUT2D eigenvalue weighted by Crippen LogP contribution is -2.40. The molecule has 1 aromatic heterocycles. The Bertz CT molecular complexity index is 994. The molecule has 156 valence electrons. The predicted octanol–water partition coefficient (Wildman–Crippen LogP) is 0.864. The van der Waals surface area contributed by atoms with Gasteiger partial charge < -0.3 is 18.8 Å². The zero-order valence-corrected chi connectivity index (χ0v) is 16.2. The lowest BCUT2D eigenvalue weighted by Gasteiger charge is -2.20. The van der Waals surface area contributed by atoms with E-state index in [9.17, 15) is 24.0 Å². The van der Waals surface area contributed by atoms with E-state index in [1.807, 2.05) is 0 Å². The van der Waals surface area contributed by atoms with Crippen molar-refractivity contribution in [2.75, 3.05) is 27.3 Å². The van der Waals surface area contributed by atoms with Crippen molar-refractivity contribution >= 4 is 29.7 Å². The summed E-state index contributed by atoms with van der Waals surface area (Å²) in [5, 5.41) is 0. The molecule has 2 heterocycles. The molecule has 0 fully saturated rings. The molecule has 30 heavy (non-hydrogen) atoms. The second kappa shape index (κ2) is 8.60. The van der Waals surface area contributed by atoms with Gasteiger partial charge in [-0.15, -0.1) is 0 Å². The molecule has 10 heteroatoms. The summed E-state index contributed by atoms with van der Waals surface area (Å²) in [7, 11) is 2.30. The van der Waals surface area contributed by atoms with Crippen molar-refractivity contribution in [2.45, 2.75) is 6.54 Å². The number of methoxy groups -OCH3 is 2. The number of rotatable bonds is 7. The van der Waals surface area contributed by atoms with Crippen molar-refractivity contribution in [3.8, 4) is 0 Å². The van der Waals surface area contributed by atoms with E-state index in [1.54, 1.807) is 12.1 Å². The summed E-state index contributed by atoms with van der Waals surface area (Å²) < 4.78 is 14.3. The van der Waals surface area contributed by atoms with Gasteiger partial charge in [0.15, 0.2) is 0 Å². The number of carbonyl (C=O) groups is 5. The number of amides is 3. The van der Waals surface area contributed by atoms with Crippen molar-refractivity contribution in [1.82, 2.24) is 9.80 Å². The van der Waals surface area contributed by atoms with Crippen LogP contribution >= 0.6 is 0 Å². The van der Waals surface area contributed by atoms with Gasteiger partial charge in [0.25, 0.3) is 17.7 Å².